The maximum Gasteiger partial charge on any atom is 0.0620 e. The summed E-state index contributed by atoms with van der Waals surface area (Å²) in [6, 6.07) is 43.1. The summed E-state index contributed by atoms with van der Waals surface area (Å²) in [5.41, 5.74) is 11.5. The van der Waals surface area contributed by atoms with Crippen LogP contribution in [0.25, 0.3) is 49.7 Å². The molecule has 0 amide bonds. The number of benzene rings is 5. The maximum atomic E-state index is 3.64. The SMILES string of the molecule is CC1(C)c2ccccc2-c2cc(-c3c[c]c4c(c3)c3ccccc3n4-c3ccccc3)ccc21. The van der Waals surface area contributed by atoms with Crippen LogP contribution >= 0.6 is 0 Å². The summed E-state index contributed by atoms with van der Waals surface area (Å²) in [6.07, 6.45) is 0. The van der Waals surface area contributed by atoms with Crippen molar-refractivity contribution in [2.45, 2.75) is 19.3 Å². The Morgan fingerprint density at radius 2 is 1.35 bits per heavy atom. The molecule has 0 bridgehead atoms. The van der Waals surface area contributed by atoms with Gasteiger partial charge in [-0.2, -0.15) is 0 Å². The van der Waals surface area contributed by atoms with Gasteiger partial charge in [-0.3, -0.25) is 0 Å². The second kappa shape index (κ2) is 6.95. The lowest BCUT2D eigenvalue weighted by molar-refractivity contribution is 0.660. The highest BCUT2D eigenvalue weighted by Crippen LogP contribution is 2.49. The van der Waals surface area contributed by atoms with E-state index in [2.05, 4.69) is 134 Å². The zero-order valence-electron chi connectivity index (χ0n) is 19.3. The van der Waals surface area contributed by atoms with Crippen LogP contribution in [0.1, 0.15) is 25.0 Å². The molecule has 1 aromatic heterocycles. The van der Waals surface area contributed by atoms with Crippen LogP contribution in [-0.4, -0.2) is 4.57 Å². The Morgan fingerprint density at radius 3 is 2.24 bits per heavy atom. The van der Waals surface area contributed by atoms with E-state index in [0.717, 1.165) is 11.2 Å². The second-order valence-electron chi connectivity index (χ2n) is 9.77. The summed E-state index contributed by atoms with van der Waals surface area (Å²) in [5.74, 6) is 0. The predicted molar refractivity (Wildman–Crippen MR) is 143 cm³/mol. The van der Waals surface area contributed by atoms with Crippen LogP contribution < -0.4 is 0 Å². The molecule has 1 heterocycles. The molecule has 7 rings (SSSR count). The molecule has 1 heteroatoms. The Kier molecular flexibility index (Phi) is 3.96. The van der Waals surface area contributed by atoms with Crippen LogP contribution in [0.5, 0.6) is 0 Å². The molecule has 0 spiro atoms. The van der Waals surface area contributed by atoms with E-state index < -0.39 is 0 Å². The molecule has 0 fully saturated rings. The van der Waals surface area contributed by atoms with Crippen molar-refractivity contribution in [1.82, 2.24) is 4.57 Å². The molecule has 0 unspecified atom stereocenters. The first-order valence-corrected chi connectivity index (χ1v) is 11.9. The molecule has 0 saturated carbocycles. The second-order valence-corrected chi connectivity index (χ2v) is 9.77. The third kappa shape index (κ3) is 2.61. The standard InChI is InChI=1S/C33H24N/c1-33(2)29-14-8-6-12-25(29)27-20-22(16-18-30(27)33)23-17-19-32-28(21-23)26-13-7-9-15-31(26)34(32)24-10-4-3-5-11-24/h3-18,20-21H,1-2H3. The zero-order chi connectivity index (χ0) is 22.9. The van der Waals surface area contributed by atoms with Gasteiger partial charge in [0.1, 0.15) is 0 Å². The molecule has 1 radical (unpaired) electrons. The van der Waals surface area contributed by atoms with E-state index in [4.69, 9.17) is 0 Å². The fourth-order valence-corrected chi connectivity index (χ4v) is 5.81. The van der Waals surface area contributed by atoms with Gasteiger partial charge in [0.2, 0.25) is 0 Å². The Morgan fingerprint density at radius 1 is 0.618 bits per heavy atom. The van der Waals surface area contributed by atoms with E-state index in [1.165, 1.54) is 49.7 Å². The Hall–Kier alpha value is -4.10. The van der Waals surface area contributed by atoms with Crippen molar-refractivity contribution in [3.8, 4) is 27.9 Å². The van der Waals surface area contributed by atoms with Gasteiger partial charge in [0.05, 0.1) is 11.0 Å². The van der Waals surface area contributed by atoms with Crippen LogP contribution in [0.15, 0.2) is 109 Å². The molecule has 1 aliphatic carbocycles. The first-order chi connectivity index (χ1) is 16.6. The Bertz CT molecular complexity index is 1720. The Labute approximate surface area is 199 Å². The first kappa shape index (κ1) is 19.4. The van der Waals surface area contributed by atoms with Gasteiger partial charge in [-0.25, -0.2) is 0 Å². The monoisotopic (exact) mass is 434 g/mol. The molecule has 34 heavy (non-hydrogen) atoms. The number of fused-ring (bicyclic) bond motifs is 6. The topological polar surface area (TPSA) is 4.93 Å². The highest BCUT2D eigenvalue weighted by atomic mass is 15.0. The van der Waals surface area contributed by atoms with Gasteiger partial charge >= 0.3 is 0 Å². The molecule has 1 nitrogen and oxygen atoms in total. The highest BCUT2D eigenvalue weighted by Gasteiger charge is 2.35. The van der Waals surface area contributed by atoms with Crippen LogP contribution in [0.4, 0.5) is 0 Å². The van der Waals surface area contributed by atoms with E-state index in [-0.39, 0.29) is 5.41 Å². The van der Waals surface area contributed by atoms with Gasteiger partial charge in [0, 0.05) is 27.9 Å². The van der Waals surface area contributed by atoms with Crippen LogP contribution in [0, 0.1) is 6.07 Å². The highest BCUT2D eigenvalue weighted by molar-refractivity contribution is 6.10. The van der Waals surface area contributed by atoms with Crippen molar-refractivity contribution in [2.75, 3.05) is 0 Å². The fourth-order valence-electron chi connectivity index (χ4n) is 5.81. The van der Waals surface area contributed by atoms with Gasteiger partial charge in [-0.1, -0.05) is 86.6 Å². The summed E-state index contributed by atoms with van der Waals surface area (Å²) in [6.45, 7) is 4.66. The van der Waals surface area contributed by atoms with Crippen LogP contribution in [0.2, 0.25) is 0 Å². The Balaban J connectivity index is 1.45. The third-order valence-corrected chi connectivity index (χ3v) is 7.51. The maximum absolute atomic E-state index is 3.64. The number of hydrogen-bond acceptors (Lipinski definition) is 0. The minimum Gasteiger partial charge on any atom is -0.309 e. The molecule has 0 N–H and O–H groups in total. The smallest absolute Gasteiger partial charge is 0.0620 e. The quantitative estimate of drug-likeness (QED) is 0.257. The molecule has 0 atom stereocenters. The van der Waals surface area contributed by atoms with Crippen molar-refractivity contribution in [3.05, 3.63) is 126 Å². The lowest BCUT2D eigenvalue weighted by atomic mass is 9.82. The van der Waals surface area contributed by atoms with Gasteiger partial charge in [-0.05, 0) is 69.8 Å². The van der Waals surface area contributed by atoms with Gasteiger partial charge in [0.25, 0.3) is 0 Å². The summed E-state index contributed by atoms with van der Waals surface area (Å²) in [7, 11) is 0. The molecule has 1 aliphatic rings. The first-order valence-electron chi connectivity index (χ1n) is 11.9. The molecule has 6 aromatic rings. The molecule has 161 valence electrons. The summed E-state index contributed by atoms with van der Waals surface area (Å²) < 4.78 is 2.32. The third-order valence-electron chi connectivity index (χ3n) is 7.51. The number of nitrogens with zero attached hydrogens (tertiary/aromatic N) is 1. The average Bonchev–Trinajstić information content (AvgIpc) is 3.33. The van der Waals surface area contributed by atoms with Gasteiger partial charge in [0.15, 0.2) is 0 Å². The summed E-state index contributed by atoms with van der Waals surface area (Å²) in [4.78, 5) is 0. The number of aromatic nitrogens is 1. The largest absolute Gasteiger partial charge is 0.309 e. The minimum absolute atomic E-state index is 0.0314. The molecule has 5 aromatic carbocycles. The normalized spacial score (nSPS) is 13.8. The van der Waals surface area contributed by atoms with Crippen molar-refractivity contribution < 1.29 is 0 Å². The van der Waals surface area contributed by atoms with E-state index in [1.807, 2.05) is 0 Å². The number of para-hydroxylation sites is 2. The van der Waals surface area contributed by atoms with Crippen molar-refractivity contribution in [1.29, 1.82) is 0 Å². The molecular weight excluding hydrogens is 410 g/mol. The summed E-state index contributed by atoms with van der Waals surface area (Å²) >= 11 is 0. The molecular formula is C33H24N. The summed E-state index contributed by atoms with van der Waals surface area (Å²) in [5, 5.41) is 2.49. The minimum atomic E-state index is 0.0314. The van der Waals surface area contributed by atoms with Crippen LogP contribution in [-0.2, 0) is 5.41 Å². The van der Waals surface area contributed by atoms with E-state index in [0.29, 0.717) is 0 Å². The van der Waals surface area contributed by atoms with Crippen molar-refractivity contribution in [2.24, 2.45) is 0 Å². The van der Waals surface area contributed by atoms with E-state index in [9.17, 15) is 0 Å². The van der Waals surface area contributed by atoms with Gasteiger partial charge in [-0.15, -0.1) is 0 Å². The van der Waals surface area contributed by atoms with E-state index >= 15 is 0 Å². The predicted octanol–water partition coefficient (Wildman–Crippen LogP) is 8.56. The lowest BCUT2D eigenvalue weighted by Crippen LogP contribution is -2.14. The average molecular weight is 435 g/mol. The molecule has 0 aliphatic heterocycles. The van der Waals surface area contributed by atoms with E-state index in [1.54, 1.807) is 0 Å². The lowest BCUT2D eigenvalue weighted by Gasteiger charge is -2.21. The van der Waals surface area contributed by atoms with Gasteiger partial charge < -0.3 is 4.57 Å². The van der Waals surface area contributed by atoms with Crippen LogP contribution in [0.3, 0.4) is 0 Å². The molecule has 0 saturated heterocycles. The zero-order valence-corrected chi connectivity index (χ0v) is 19.3. The van der Waals surface area contributed by atoms with Crippen molar-refractivity contribution >= 4 is 21.8 Å². The number of hydrogen-bond donors (Lipinski definition) is 0. The van der Waals surface area contributed by atoms with Crippen molar-refractivity contribution in [3.63, 3.8) is 0 Å². The fraction of sp³-hybridized carbons (Fsp3) is 0.0909. The number of rotatable bonds is 2.